The monoisotopic (exact) mass is 145 g/mol. The van der Waals surface area contributed by atoms with Crippen LogP contribution in [0.25, 0.3) is 0 Å². The quantitative estimate of drug-likeness (QED) is 0.368. The van der Waals surface area contributed by atoms with Gasteiger partial charge in [-0.25, -0.2) is 0 Å². The summed E-state index contributed by atoms with van der Waals surface area (Å²) in [5.74, 6) is -1.54. The van der Waals surface area contributed by atoms with Gasteiger partial charge in [0.2, 0.25) is 0 Å². The van der Waals surface area contributed by atoms with Gasteiger partial charge in [0, 0.05) is 0 Å². The molecule has 1 fully saturated rings. The summed E-state index contributed by atoms with van der Waals surface area (Å²) in [5, 5.41) is 10.7. The number of rotatable bonds is 2. The Labute approximate surface area is 57.0 Å². The van der Waals surface area contributed by atoms with Crippen LogP contribution in [0.4, 0.5) is 0 Å². The van der Waals surface area contributed by atoms with Gasteiger partial charge in [0.1, 0.15) is 12.1 Å². The number of carbonyl (C=O) groups excluding carboxylic acids is 1. The van der Waals surface area contributed by atoms with Crippen molar-refractivity contribution in [2.24, 2.45) is 0 Å². The largest absolute Gasteiger partial charge is 0.480 e. The molecule has 0 amide bonds. The number of carboxylic acids is 1. The van der Waals surface area contributed by atoms with Crippen molar-refractivity contribution < 1.29 is 19.4 Å². The highest BCUT2D eigenvalue weighted by Gasteiger charge is 2.48. The molecule has 2 atom stereocenters. The summed E-state index contributed by atoms with van der Waals surface area (Å²) >= 11 is 0. The fourth-order valence-corrected chi connectivity index (χ4v) is 0.683. The van der Waals surface area contributed by atoms with E-state index in [0.717, 1.165) is 0 Å². The van der Waals surface area contributed by atoms with E-state index in [-0.39, 0.29) is 0 Å². The normalized spacial score (nSPS) is 29.3. The Morgan fingerprint density at radius 2 is 2.10 bits per heavy atom. The number of nitrogens with one attached hydrogen (secondary N) is 1. The molecule has 0 spiro atoms. The zero-order valence-electron chi connectivity index (χ0n) is 5.33. The molecular formula is C5H7NO4. The summed E-state index contributed by atoms with van der Waals surface area (Å²) in [7, 11) is 1.22. The summed E-state index contributed by atoms with van der Waals surface area (Å²) in [6.45, 7) is 0. The number of hydrogen-bond donors (Lipinski definition) is 2. The fourth-order valence-electron chi connectivity index (χ4n) is 0.683. The van der Waals surface area contributed by atoms with E-state index in [2.05, 4.69) is 10.1 Å². The minimum Gasteiger partial charge on any atom is -0.480 e. The molecule has 2 unspecified atom stereocenters. The van der Waals surface area contributed by atoms with Crippen LogP contribution in [0.1, 0.15) is 0 Å². The first-order valence-electron chi connectivity index (χ1n) is 2.73. The minimum absolute atomic E-state index is 0.521. The third kappa shape index (κ3) is 1.08. The van der Waals surface area contributed by atoms with Crippen molar-refractivity contribution >= 4 is 11.9 Å². The molecule has 56 valence electrons. The van der Waals surface area contributed by atoms with Crippen LogP contribution in [-0.2, 0) is 14.3 Å². The van der Waals surface area contributed by atoms with Gasteiger partial charge < -0.3 is 9.84 Å². The lowest BCUT2D eigenvalue weighted by Gasteiger charge is -1.90. The number of carboxylic acid groups (broad SMARTS) is 1. The van der Waals surface area contributed by atoms with Crippen molar-refractivity contribution in [2.75, 3.05) is 7.11 Å². The van der Waals surface area contributed by atoms with Gasteiger partial charge >= 0.3 is 11.9 Å². The van der Waals surface area contributed by atoms with Gasteiger partial charge in [-0.3, -0.25) is 14.9 Å². The standard InChI is InChI=1S/C5H7NO4/c1-10-5(9)3-2(6-3)4(7)8/h2-3,6H,1H3,(H,7,8). The van der Waals surface area contributed by atoms with E-state index in [9.17, 15) is 9.59 Å². The van der Waals surface area contributed by atoms with Gasteiger partial charge in [-0.05, 0) is 0 Å². The Balaban J connectivity index is 2.38. The Kier molecular flexibility index (Phi) is 1.58. The Bertz CT molecular complexity index is 178. The van der Waals surface area contributed by atoms with Crippen LogP contribution in [0, 0.1) is 0 Å². The number of carbonyl (C=O) groups is 2. The molecular weight excluding hydrogens is 138 g/mol. The van der Waals surface area contributed by atoms with Gasteiger partial charge in [0.25, 0.3) is 0 Å². The summed E-state index contributed by atoms with van der Waals surface area (Å²) in [6, 6.07) is -1.38. The topological polar surface area (TPSA) is 85.5 Å². The van der Waals surface area contributed by atoms with Crippen LogP contribution < -0.4 is 5.32 Å². The van der Waals surface area contributed by atoms with Crippen molar-refractivity contribution in [1.82, 2.24) is 5.32 Å². The number of hydrogen-bond acceptors (Lipinski definition) is 4. The van der Waals surface area contributed by atoms with Crippen molar-refractivity contribution in [3.8, 4) is 0 Å². The Morgan fingerprint density at radius 1 is 1.50 bits per heavy atom. The highest BCUT2D eigenvalue weighted by atomic mass is 16.5. The number of aliphatic carboxylic acids is 1. The fraction of sp³-hybridized carbons (Fsp3) is 0.600. The van der Waals surface area contributed by atoms with Crippen molar-refractivity contribution in [1.29, 1.82) is 0 Å². The molecule has 5 nitrogen and oxygen atoms in total. The van der Waals surface area contributed by atoms with E-state index < -0.39 is 24.0 Å². The second-order valence-corrected chi connectivity index (χ2v) is 1.98. The third-order valence-corrected chi connectivity index (χ3v) is 1.30. The van der Waals surface area contributed by atoms with Gasteiger partial charge in [-0.2, -0.15) is 0 Å². The lowest BCUT2D eigenvalue weighted by atomic mass is 10.3. The second kappa shape index (κ2) is 2.26. The van der Waals surface area contributed by atoms with Crippen LogP contribution in [0.5, 0.6) is 0 Å². The van der Waals surface area contributed by atoms with Crippen LogP contribution in [-0.4, -0.2) is 36.2 Å². The Morgan fingerprint density at radius 3 is 2.40 bits per heavy atom. The lowest BCUT2D eigenvalue weighted by molar-refractivity contribution is -0.143. The number of methoxy groups -OCH3 is 1. The van der Waals surface area contributed by atoms with E-state index in [1.807, 2.05) is 0 Å². The second-order valence-electron chi connectivity index (χ2n) is 1.98. The van der Waals surface area contributed by atoms with E-state index in [1.54, 1.807) is 0 Å². The summed E-state index contributed by atoms with van der Waals surface area (Å²) in [6.07, 6.45) is 0. The first-order valence-corrected chi connectivity index (χ1v) is 2.73. The molecule has 1 aliphatic heterocycles. The first kappa shape index (κ1) is 7.01. The maximum Gasteiger partial charge on any atom is 0.325 e. The predicted octanol–water partition coefficient (Wildman–Crippen LogP) is -1.42. The number of ether oxygens (including phenoxy) is 1. The van der Waals surface area contributed by atoms with E-state index in [1.165, 1.54) is 7.11 Å². The molecule has 10 heavy (non-hydrogen) atoms. The summed E-state index contributed by atoms with van der Waals surface area (Å²) in [4.78, 5) is 20.7. The highest BCUT2D eigenvalue weighted by molar-refractivity contribution is 5.91. The highest BCUT2D eigenvalue weighted by Crippen LogP contribution is 2.11. The molecule has 1 saturated heterocycles. The summed E-state index contributed by atoms with van der Waals surface area (Å²) in [5.41, 5.74) is 0. The molecule has 1 aliphatic rings. The van der Waals surface area contributed by atoms with Gasteiger partial charge in [-0.1, -0.05) is 0 Å². The molecule has 0 bridgehead atoms. The first-order chi connectivity index (χ1) is 4.66. The van der Waals surface area contributed by atoms with Crippen LogP contribution in [0.15, 0.2) is 0 Å². The molecule has 2 N–H and O–H groups in total. The van der Waals surface area contributed by atoms with Gasteiger partial charge in [0.05, 0.1) is 7.11 Å². The van der Waals surface area contributed by atoms with Crippen LogP contribution >= 0.6 is 0 Å². The van der Waals surface area contributed by atoms with E-state index in [4.69, 9.17) is 5.11 Å². The lowest BCUT2D eigenvalue weighted by Crippen LogP contribution is -2.16. The molecule has 5 heteroatoms. The van der Waals surface area contributed by atoms with Crippen molar-refractivity contribution in [2.45, 2.75) is 12.1 Å². The molecule has 0 aliphatic carbocycles. The molecule has 0 aromatic rings. The third-order valence-electron chi connectivity index (χ3n) is 1.30. The predicted molar refractivity (Wildman–Crippen MR) is 30.4 cm³/mol. The molecule has 0 aromatic heterocycles. The zero-order chi connectivity index (χ0) is 7.72. The van der Waals surface area contributed by atoms with Crippen molar-refractivity contribution in [3.63, 3.8) is 0 Å². The van der Waals surface area contributed by atoms with Gasteiger partial charge in [0.15, 0.2) is 0 Å². The average molecular weight is 145 g/mol. The smallest absolute Gasteiger partial charge is 0.325 e. The van der Waals surface area contributed by atoms with Gasteiger partial charge in [-0.15, -0.1) is 0 Å². The van der Waals surface area contributed by atoms with E-state index in [0.29, 0.717) is 0 Å². The maximum absolute atomic E-state index is 10.5. The molecule has 0 aromatic carbocycles. The molecule has 1 rings (SSSR count). The Hall–Kier alpha value is -1.10. The molecule has 1 heterocycles. The molecule has 0 saturated carbocycles. The number of esters is 1. The zero-order valence-corrected chi connectivity index (χ0v) is 5.33. The SMILES string of the molecule is COC(=O)C1NC1C(=O)O. The summed E-state index contributed by atoms with van der Waals surface area (Å²) < 4.78 is 4.29. The van der Waals surface area contributed by atoms with Crippen LogP contribution in [0.3, 0.4) is 0 Å². The van der Waals surface area contributed by atoms with Crippen LogP contribution in [0.2, 0.25) is 0 Å². The molecule has 0 radical (unpaired) electrons. The van der Waals surface area contributed by atoms with Crippen molar-refractivity contribution in [3.05, 3.63) is 0 Å². The maximum atomic E-state index is 10.5. The average Bonchev–Trinajstić information content (AvgIpc) is 2.64. The van der Waals surface area contributed by atoms with E-state index >= 15 is 0 Å². The minimum atomic E-state index is -1.02.